The first-order valence-corrected chi connectivity index (χ1v) is 10.5. The van der Waals surface area contributed by atoms with E-state index in [0.717, 1.165) is 14.7 Å². The number of benzene rings is 2. The predicted molar refractivity (Wildman–Crippen MR) is 128 cm³/mol. The van der Waals surface area contributed by atoms with Crippen LogP contribution < -0.4 is 16.0 Å². The molecule has 0 bridgehead atoms. The molecule has 2 aromatic carbocycles. The zero-order valence-electron chi connectivity index (χ0n) is 17.4. The van der Waals surface area contributed by atoms with Gasteiger partial charge in [0.25, 0.3) is 5.56 Å². The van der Waals surface area contributed by atoms with Crippen LogP contribution in [0.2, 0.25) is 0 Å². The highest BCUT2D eigenvalue weighted by Crippen LogP contribution is 2.20. The van der Waals surface area contributed by atoms with Gasteiger partial charge in [-0.3, -0.25) is 9.36 Å². The molecule has 31 heavy (non-hydrogen) atoms. The largest absolute Gasteiger partial charge is 0.497 e. The molecule has 1 aromatic heterocycles. The molecule has 9 heteroatoms. The Labute approximate surface area is 192 Å². The van der Waals surface area contributed by atoms with Gasteiger partial charge in [0.1, 0.15) is 17.4 Å². The molecule has 0 saturated carbocycles. The second-order valence-electron chi connectivity index (χ2n) is 7.06. The van der Waals surface area contributed by atoms with Crippen molar-refractivity contribution in [3.63, 3.8) is 0 Å². The molecule has 0 N–H and O–H groups in total. The zero-order valence-corrected chi connectivity index (χ0v) is 19.5. The summed E-state index contributed by atoms with van der Waals surface area (Å²) in [6.45, 7) is 0.535. The SMILES string of the molecule is COc1ccc(Cn2c(=O)cc(N=CCN(C)C)n(-c3ccc(I)cc3F)c2=O)cc1. The highest BCUT2D eigenvalue weighted by atomic mass is 127. The van der Waals surface area contributed by atoms with E-state index < -0.39 is 17.1 Å². The van der Waals surface area contributed by atoms with Crippen molar-refractivity contribution in [3.05, 3.63) is 84.3 Å². The van der Waals surface area contributed by atoms with E-state index in [0.29, 0.717) is 15.9 Å². The second kappa shape index (κ2) is 10.0. The molecule has 7 nitrogen and oxygen atoms in total. The van der Waals surface area contributed by atoms with Gasteiger partial charge >= 0.3 is 5.69 Å². The Morgan fingerprint density at radius 2 is 1.84 bits per heavy atom. The van der Waals surface area contributed by atoms with Crippen molar-refractivity contribution in [2.24, 2.45) is 4.99 Å². The third-order valence-corrected chi connectivity index (χ3v) is 5.16. The molecule has 0 spiro atoms. The van der Waals surface area contributed by atoms with E-state index >= 15 is 0 Å². The summed E-state index contributed by atoms with van der Waals surface area (Å²) in [6.07, 6.45) is 1.57. The summed E-state index contributed by atoms with van der Waals surface area (Å²) < 4.78 is 22.8. The Balaban J connectivity index is 2.16. The number of aliphatic imine (C=N–C) groups is 1. The average Bonchev–Trinajstić information content (AvgIpc) is 2.72. The van der Waals surface area contributed by atoms with E-state index in [4.69, 9.17) is 4.74 Å². The molecule has 0 fully saturated rings. The normalized spacial score (nSPS) is 11.4. The molecule has 0 unspecified atom stereocenters. The number of hydrogen-bond acceptors (Lipinski definition) is 5. The first kappa shape index (κ1) is 22.9. The van der Waals surface area contributed by atoms with Crippen LogP contribution in [0.3, 0.4) is 0 Å². The van der Waals surface area contributed by atoms with Gasteiger partial charge in [0.15, 0.2) is 0 Å². The first-order chi connectivity index (χ1) is 14.8. The van der Waals surface area contributed by atoms with E-state index in [1.165, 1.54) is 18.2 Å². The molecule has 0 aliphatic rings. The Kier molecular flexibility index (Phi) is 7.39. The molecular formula is C22H22FIN4O3. The quantitative estimate of drug-likeness (QED) is 0.344. The Morgan fingerprint density at radius 1 is 1.13 bits per heavy atom. The van der Waals surface area contributed by atoms with Gasteiger partial charge in [-0.25, -0.2) is 18.7 Å². The average molecular weight is 536 g/mol. The number of rotatable bonds is 7. The monoisotopic (exact) mass is 536 g/mol. The van der Waals surface area contributed by atoms with Crippen LogP contribution in [0.25, 0.3) is 5.69 Å². The number of aromatic nitrogens is 2. The van der Waals surface area contributed by atoms with Crippen molar-refractivity contribution in [2.45, 2.75) is 6.54 Å². The molecule has 0 atom stereocenters. The van der Waals surface area contributed by atoms with E-state index in [1.54, 1.807) is 43.7 Å². The fourth-order valence-corrected chi connectivity index (χ4v) is 3.36. The van der Waals surface area contributed by atoms with Crippen LogP contribution in [-0.4, -0.2) is 48.0 Å². The lowest BCUT2D eigenvalue weighted by Gasteiger charge is -2.14. The van der Waals surface area contributed by atoms with E-state index in [9.17, 15) is 14.0 Å². The van der Waals surface area contributed by atoms with Gasteiger partial charge in [0.05, 0.1) is 19.3 Å². The summed E-state index contributed by atoms with van der Waals surface area (Å²) in [5.41, 5.74) is -0.412. The van der Waals surface area contributed by atoms with Crippen molar-refractivity contribution < 1.29 is 9.13 Å². The molecule has 1 heterocycles. The lowest BCUT2D eigenvalue weighted by atomic mass is 10.2. The van der Waals surface area contributed by atoms with Crippen LogP contribution in [0.4, 0.5) is 10.2 Å². The number of hydrogen-bond donors (Lipinski definition) is 0. The maximum atomic E-state index is 14.8. The van der Waals surface area contributed by atoms with Crippen molar-refractivity contribution in [1.29, 1.82) is 0 Å². The molecule has 0 radical (unpaired) electrons. The van der Waals surface area contributed by atoms with Crippen LogP contribution in [0, 0.1) is 9.39 Å². The summed E-state index contributed by atoms with van der Waals surface area (Å²) in [4.78, 5) is 32.2. The lowest BCUT2D eigenvalue weighted by molar-refractivity contribution is 0.414. The van der Waals surface area contributed by atoms with E-state index in [-0.39, 0.29) is 18.1 Å². The van der Waals surface area contributed by atoms with Gasteiger partial charge in [0.2, 0.25) is 0 Å². The minimum absolute atomic E-state index is 0.0332. The smallest absolute Gasteiger partial charge is 0.337 e. The molecule has 0 aliphatic carbocycles. The Hall–Kier alpha value is -2.79. The fraction of sp³-hybridized carbons (Fsp3) is 0.227. The zero-order chi connectivity index (χ0) is 22.5. The third kappa shape index (κ3) is 5.47. The minimum Gasteiger partial charge on any atom is -0.497 e. The summed E-state index contributed by atoms with van der Waals surface area (Å²) in [7, 11) is 5.29. The predicted octanol–water partition coefficient (Wildman–Crippen LogP) is 3.06. The summed E-state index contributed by atoms with van der Waals surface area (Å²) in [5.74, 6) is 0.163. The van der Waals surface area contributed by atoms with Crippen LogP contribution in [0.15, 0.2) is 63.1 Å². The van der Waals surface area contributed by atoms with Gasteiger partial charge in [-0.15, -0.1) is 0 Å². The highest BCUT2D eigenvalue weighted by Gasteiger charge is 2.16. The maximum absolute atomic E-state index is 14.8. The fourth-order valence-electron chi connectivity index (χ4n) is 2.91. The Morgan fingerprint density at radius 3 is 2.45 bits per heavy atom. The minimum atomic E-state index is -0.666. The van der Waals surface area contributed by atoms with Crippen LogP contribution in [0.5, 0.6) is 5.75 Å². The molecule has 162 valence electrons. The topological polar surface area (TPSA) is 68.8 Å². The first-order valence-electron chi connectivity index (χ1n) is 9.42. The standard InChI is InChI=1S/C22H22FIN4O3/c1-26(2)11-10-25-20-13-21(29)27(14-15-4-7-17(31-3)8-5-15)22(30)28(20)19-9-6-16(24)12-18(19)23/h4-10,12-13H,11,14H2,1-3H3. The van der Waals surface area contributed by atoms with Gasteiger partial charge in [-0.1, -0.05) is 12.1 Å². The number of ether oxygens (including phenoxy) is 1. The van der Waals surface area contributed by atoms with Crippen LogP contribution >= 0.6 is 22.6 Å². The molecule has 0 saturated heterocycles. The highest BCUT2D eigenvalue weighted by molar-refractivity contribution is 14.1. The van der Waals surface area contributed by atoms with Gasteiger partial charge in [-0.05, 0) is 72.6 Å². The van der Waals surface area contributed by atoms with Crippen LogP contribution in [-0.2, 0) is 6.54 Å². The Bertz CT molecular complexity index is 1220. The molecule has 3 rings (SSSR count). The number of nitrogens with zero attached hydrogens (tertiary/aromatic N) is 4. The summed E-state index contributed by atoms with van der Waals surface area (Å²) >= 11 is 1.99. The van der Waals surface area contributed by atoms with Crippen molar-refractivity contribution >= 4 is 34.6 Å². The molecule has 0 amide bonds. The van der Waals surface area contributed by atoms with E-state index in [2.05, 4.69) is 4.99 Å². The lowest BCUT2D eigenvalue weighted by Crippen LogP contribution is -2.39. The van der Waals surface area contributed by atoms with E-state index in [1.807, 2.05) is 41.6 Å². The van der Waals surface area contributed by atoms with Crippen molar-refractivity contribution in [3.8, 4) is 11.4 Å². The number of methoxy groups -OCH3 is 1. The summed E-state index contributed by atoms with van der Waals surface area (Å²) in [5, 5.41) is 0. The molecule has 3 aromatic rings. The second-order valence-corrected chi connectivity index (χ2v) is 8.31. The van der Waals surface area contributed by atoms with Crippen molar-refractivity contribution in [2.75, 3.05) is 27.7 Å². The molecule has 0 aliphatic heterocycles. The molecular weight excluding hydrogens is 514 g/mol. The van der Waals surface area contributed by atoms with Gasteiger partial charge in [-0.2, -0.15) is 0 Å². The third-order valence-electron chi connectivity index (χ3n) is 4.49. The van der Waals surface area contributed by atoms with Crippen molar-refractivity contribution in [1.82, 2.24) is 14.0 Å². The summed E-state index contributed by atoms with van der Waals surface area (Å²) in [6, 6.07) is 12.8. The van der Waals surface area contributed by atoms with Crippen LogP contribution in [0.1, 0.15) is 5.56 Å². The van der Waals surface area contributed by atoms with Gasteiger partial charge in [0, 0.05) is 22.4 Å². The number of halogens is 2. The van der Waals surface area contributed by atoms with Gasteiger partial charge < -0.3 is 9.64 Å². The maximum Gasteiger partial charge on any atom is 0.337 e.